The van der Waals surface area contributed by atoms with Crippen LogP contribution < -0.4 is 10.1 Å². The molecule has 112 valence electrons. The third-order valence-electron chi connectivity index (χ3n) is 3.50. The largest absolute Gasteiger partial charge is 0.494 e. The number of ether oxygens (including phenoxy) is 1. The van der Waals surface area contributed by atoms with Crippen LogP contribution >= 0.6 is 0 Å². The molecule has 1 aromatic carbocycles. The van der Waals surface area contributed by atoms with Gasteiger partial charge in [0, 0.05) is 13.1 Å². The van der Waals surface area contributed by atoms with Gasteiger partial charge in [-0.15, -0.1) is 0 Å². The maximum atomic E-state index is 13.6. The Balaban J connectivity index is 2.21. The van der Waals surface area contributed by atoms with Crippen LogP contribution in [0.4, 0.5) is 4.39 Å². The summed E-state index contributed by atoms with van der Waals surface area (Å²) in [4.78, 5) is -0.0269. The number of nitrogens with zero attached hydrogens (tertiary/aromatic N) is 1. The van der Waals surface area contributed by atoms with Crippen LogP contribution in [-0.2, 0) is 10.0 Å². The van der Waals surface area contributed by atoms with E-state index in [0.29, 0.717) is 19.0 Å². The zero-order valence-electron chi connectivity index (χ0n) is 11.6. The highest BCUT2D eigenvalue weighted by atomic mass is 32.2. The van der Waals surface area contributed by atoms with Gasteiger partial charge in [0.1, 0.15) is 0 Å². The van der Waals surface area contributed by atoms with Crippen LogP contribution in [0.15, 0.2) is 23.1 Å². The first kappa shape index (κ1) is 15.2. The SMILES string of the molecule is CNCC1CCN(S(=O)(=O)c2ccc(OC)c(F)c2)C1. The van der Waals surface area contributed by atoms with Crippen LogP contribution in [0.25, 0.3) is 0 Å². The summed E-state index contributed by atoms with van der Waals surface area (Å²) in [5.41, 5.74) is 0. The zero-order valence-corrected chi connectivity index (χ0v) is 12.4. The minimum Gasteiger partial charge on any atom is -0.494 e. The van der Waals surface area contributed by atoms with Crippen molar-refractivity contribution < 1.29 is 17.5 Å². The molecular weight excluding hydrogens is 283 g/mol. The molecule has 0 saturated carbocycles. The van der Waals surface area contributed by atoms with Crippen molar-refractivity contribution in [2.75, 3.05) is 33.8 Å². The van der Waals surface area contributed by atoms with E-state index in [1.165, 1.54) is 23.5 Å². The molecule has 1 atom stereocenters. The van der Waals surface area contributed by atoms with E-state index in [0.717, 1.165) is 19.0 Å². The van der Waals surface area contributed by atoms with E-state index in [-0.39, 0.29) is 10.6 Å². The summed E-state index contributed by atoms with van der Waals surface area (Å²) in [6.45, 7) is 1.72. The Morgan fingerprint density at radius 3 is 2.85 bits per heavy atom. The van der Waals surface area contributed by atoms with Gasteiger partial charge in [-0.3, -0.25) is 0 Å². The molecule has 1 N–H and O–H groups in total. The first-order chi connectivity index (χ1) is 9.48. The molecular formula is C13H19FN2O3S. The number of rotatable bonds is 5. The van der Waals surface area contributed by atoms with Gasteiger partial charge in [0.2, 0.25) is 10.0 Å². The summed E-state index contributed by atoms with van der Waals surface area (Å²) in [6, 6.07) is 3.73. The van der Waals surface area contributed by atoms with E-state index in [9.17, 15) is 12.8 Å². The molecule has 7 heteroatoms. The van der Waals surface area contributed by atoms with Gasteiger partial charge in [-0.2, -0.15) is 4.31 Å². The lowest BCUT2D eigenvalue weighted by atomic mass is 10.1. The Hall–Kier alpha value is -1.18. The third kappa shape index (κ3) is 2.94. The van der Waals surface area contributed by atoms with Gasteiger partial charge in [-0.05, 0) is 44.1 Å². The molecule has 1 heterocycles. The molecule has 0 aromatic heterocycles. The standard InChI is InChI=1S/C13H19FN2O3S/c1-15-8-10-5-6-16(9-10)20(17,18)11-3-4-13(19-2)12(14)7-11/h3-4,7,10,15H,5-6,8-9H2,1-2H3. The van der Waals surface area contributed by atoms with Crippen LogP contribution in [0.1, 0.15) is 6.42 Å². The van der Waals surface area contributed by atoms with Crippen molar-refractivity contribution in [1.82, 2.24) is 9.62 Å². The van der Waals surface area contributed by atoms with Crippen molar-refractivity contribution in [3.05, 3.63) is 24.0 Å². The van der Waals surface area contributed by atoms with E-state index in [4.69, 9.17) is 4.74 Å². The smallest absolute Gasteiger partial charge is 0.243 e. The summed E-state index contributed by atoms with van der Waals surface area (Å²) in [6.07, 6.45) is 0.818. The highest BCUT2D eigenvalue weighted by Crippen LogP contribution is 2.27. The minimum absolute atomic E-state index is 0.0269. The predicted molar refractivity (Wildman–Crippen MR) is 73.7 cm³/mol. The Morgan fingerprint density at radius 1 is 1.50 bits per heavy atom. The number of benzene rings is 1. The topological polar surface area (TPSA) is 58.6 Å². The molecule has 1 unspecified atom stereocenters. The maximum Gasteiger partial charge on any atom is 0.243 e. The Kier molecular flexibility index (Phi) is 4.62. The van der Waals surface area contributed by atoms with E-state index in [1.54, 1.807) is 0 Å². The van der Waals surface area contributed by atoms with E-state index in [2.05, 4.69) is 5.32 Å². The normalized spacial score (nSPS) is 20.2. The third-order valence-corrected chi connectivity index (χ3v) is 5.36. The van der Waals surface area contributed by atoms with Crippen LogP contribution in [0.2, 0.25) is 0 Å². The molecule has 0 amide bonds. The van der Waals surface area contributed by atoms with Crippen LogP contribution in [0.5, 0.6) is 5.75 Å². The molecule has 5 nitrogen and oxygen atoms in total. The van der Waals surface area contributed by atoms with Gasteiger partial charge in [-0.25, -0.2) is 12.8 Å². The number of halogens is 1. The number of nitrogens with one attached hydrogen (secondary N) is 1. The van der Waals surface area contributed by atoms with Crippen molar-refractivity contribution in [3.63, 3.8) is 0 Å². The Bertz CT molecular complexity index is 577. The molecule has 1 aliphatic heterocycles. The highest BCUT2D eigenvalue weighted by Gasteiger charge is 2.32. The van der Waals surface area contributed by atoms with E-state index >= 15 is 0 Å². The fourth-order valence-electron chi connectivity index (χ4n) is 2.43. The first-order valence-electron chi connectivity index (χ1n) is 6.47. The summed E-state index contributed by atoms with van der Waals surface area (Å²) in [7, 11) is -0.441. The molecule has 0 bridgehead atoms. The Labute approximate surface area is 118 Å². The van der Waals surface area contributed by atoms with Gasteiger partial charge in [0.05, 0.1) is 12.0 Å². The molecule has 1 aromatic rings. The second kappa shape index (κ2) is 6.07. The average molecular weight is 302 g/mol. The number of methoxy groups -OCH3 is 1. The highest BCUT2D eigenvalue weighted by molar-refractivity contribution is 7.89. The molecule has 1 aliphatic rings. The molecule has 2 rings (SSSR count). The Morgan fingerprint density at radius 2 is 2.25 bits per heavy atom. The van der Waals surface area contributed by atoms with E-state index < -0.39 is 15.8 Å². The maximum absolute atomic E-state index is 13.6. The molecule has 0 aliphatic carbocycles. The molecule has 0 spiro atoms. The fraction of sp³-hybridized carbons (Fsp3) is 0.538. The first-order valence-corrected chi connectivity index (χ1v) is 7.91. The predicted octanol–water partition coefficient (Wildman–Crippen LogP) is 1.06. The second-order valence-electron chi connectivity index (χ2n) is 4.87. The number of hydrogen-bond acceptors (Lipinski definition) is 4. The van der Waals surface area contributed by atoms with Crippen molar-refractivity contribution in [3.8, 4) is 5.75 Å². The van der Waals surface area contributed by atoms with Gasteiger partial charge in [-0.1, -0.05) is 0 Å². The van der Waals surface area contributed by atoms with Crippen LogP contribution in [0, 0.1) is 11.7 Å². The quantitative estimate of drug-likeness (QED) is 0.884. The lowest BCUT2D eigenvalue weighted by Gasteiger charge is -2.17. The van der Waals surface area contributed by atoms with Gasteiger partial charge < -0.3 is 10.1 Å². The lowest BCUT2D eigenvalue weighted by Crippen LogP contribution is -2.30. The van der Waals surface area contributed by atoms with Gasteiger partial charge in [0.25, 0.3) is 0 Å². The summed E-state index contributed by atoms with van der Waals surface area (Å²) >= 11 is 0. The van der Waals surface area contributed by atoms with Crippen molar-refractivity contribution in [1.29, 1.82) is 0 Å². The second-order valence-corrected chi connectivity index (χ2v) is 6.81. The van der Waals surface area contributed by atoms with Crippen molar-refractivity contribution in [2.24, 2.45) is 5.92 Å². The van der Waals surface area contributed by atoms with Crippen molar-refractivity contribution in [2.45, 2.75) is 11.3 Å². The number of hydrogen-bond donors (Lipinski definition) is 1. The van der Waals surface area contributed by atoms with Crippen LogP contribution in [0.3, 0.4) is 0 Å². The van der Waals surface area contributed by atoms with Crippen molar-refractivity contribution >= 4 is 10.0 Å². The molecule has 1 saturated heterocycles. The fourth-order valence-corrected chi connectivity index (χ4v) is 3.97. The van der Waals surface area contributed by atoms with Crippen LogP contribution in [-0.4, -0.2) is 46.5 Å². The monoisotopic (exact) mass is 302 g/mol. The summed E-state index contributed by atoms with van der Waals surface area (Å²) < 4.78 is 44.7. The van der Waals surface area contributed by atoms with Gasteiger partial charge >= 0.3 is 0 Å². The van der Waals surface area contributed by atoms with E-state index in [1.807, 2.05) is 7.05 Å². The van der Waals surface area contributed by atoms with Gasteiger partial charge in [0.15, 0.2) is 11.6 Å². The minimum atomic E-state index is -3.63. The lowest BCUT2D eigenvalue weighted by molar-refractivity contribution is 0.385. The summed E-state index contributed by atoms with van der Waals surface area (Å²) in [5.74, 6) is -0.323. The number of sulfonamides is 1. The average Bonchev–Trinajstić information content (AvgIpc) is 2.88. The molecule has 20 heavy (non-hydrogen) atoms. The zero-order chi connectivity index (χ0) is 14.8. The summed E-state index contributed by atoms with van der Waals surface area (Å²) in [5, 5.41) is 3.05. The molecule has 1 fully saturated rings. The molecule has 0 radical (unpaired) electrons.